The second-order valence-electron chi connectivity index (χ2n) is 5.36. The van der Waals surface area contributed by atoms with E-state index >= 15 is 0 Å². The van der Waals surface area contributed by atoms with Gasteiger partial charge < -0.3 is 4.90 Å². The summed E-state index contributed by atoms with van der Waals surface area (Å²) in [6, 6.07) is 7.86. The fourth-order valence-electron chi connectivity index (χ4n) is 2.91. The first-order chi connectivity index (χ1) is 9.65. The molecule has 1 aromatic carbocycles. The molecule has 1 aliphatic heterocycles. The van der Waals surface area contributed by atoms with Crippen LogP contribution in [-0.4, -0.2) is 23.9 Å². The second-order valence-corrected chi connectivity index (χ2v) is 5.80. The maximum Gasteiger partial charge on any atom is 0.133 e. The van der Waals surface area contributed by atoms with Crippen molar-refractivity contribution in [2.75, 3.05) is 18.0 Å². The van der Waals surface area contributed by atoms with Gasteiger partial charge >= 0.3 is 0 Å². The van der Waals surface area contributed by atoms with E-state index in [0.717, 1.165) is 36.8 Å². The van der Waals surface area contributed by atoms with Crippen molar-refractivity contribution in [1.82, 2.24) is 4.98 Å². The summed E-state index contributed by atoms with van der Waals surface area (Å²) in [4.78, 5) is 18.2. The van der Waals surface area contributed by atoms with Gasteiger partial charge in [-0.3, -0.25) is 9.78 Å². The van der Waals surface area contributed by atoms with Crippen LogP contribution in [0, 0.1) is 5.92 Å². The number of carbonyl (C=O) groups is 1. The van der Waals surface area contributed by atoms with Crippen LogP contribution in [0.15, 0.2) is 30.5 Å². The zero-order valence-electron chi connectivity index (χ0n) is 11.5. The molecule has 1 aliphatic rings. The van der Waals surface area contributed by atoms with Crippen LogP contribution in [0.25, 0.3) is 10.9 Å². The molecule has 0 radical (unpaired) electrons. The van der Waals surface area contributed by atoms with Crippen molar-refractivity contribution in [1.29, 1.82) is 0 Å². The van der Waals surface area contributed by atoms with Crippen LogP contribution in [0.4, 0.5) is 5.69 Å². The Morgan fingerprint density at radius 1 is 1.30 bits per heavy atom. The van der Waals surface area contributed by atoms with Crippen molar-refractivity contribution < 1.29 is 4.79 Å². The number of anilines is 1. The molecule has 2 heterocycles. The Balaban J connectivity index is 1.90. The van der Waals surface area contributed by atoms with E-state index in [1.165, 1.54) is 5.69 Å². The molecule has 0 aliphatic carbocycles. The summed E-state index contributed by atoms with van der Waals surface area (Å²) in [5.41, 5.74) is 2.11. The third-order valence-corrected chi connectivity index (χ3v) is 4.33. The SMILES string of the molecule is CC(=O)C1CCN(c2ccnc3cc(Cl)ccc23)CC1. The van der Waals surface area contributed by atoms with E-state index < -0.39 is 0 Å². The molecule has 2 aromatic rings. The lowest BCUT2D eigenvalue weighted by Crippen LogP contribution is -2.35. The van der Waals surface area contributed by atoms with Crippen molar-refractivity contribution in [2.45, 2.75) is 19.8 Å². The molecule has 0 bridgehead atoms. The third kappa shape index (κ3) is 2.50. The van der Waals surface area contributed by atoms with Gasteiger partial charge in [-0.15, -0.1) is 0 Å². The highest BCUT2D eigenvalue weighted by atomic mass is 35.5. The Morgan fingerprint density at radius 3 is 2.75 bits per heavy atom. The van der Waals surface area contributed by atoms with Crippen LogP contribution in [0.3, 0.4) is 0 Å². The van der Waals surface area contributed by atoms with Gasteiger partial charge in [-0.2, -0.15) is 0 Å². The highest BCUT2D eigenvalue weighted by Crippen LogP contribution is 2.30. The molecule has 3 rings (SSSR count). The maximum absolute atomic E-state index is 11.4. The Morgan fingerprint density at radius 2 is 2.05 bits per heavy atom. The second kappa shape index (κ2) is 5.41. The molecule has 0 spiro atoms. The molecule has 0 amide bonds. The topological polar surface area (TPSA) is 33.2 Å². The first-order valence-electron chi connectivity index (χ1n) is 6.95. The van der Waals surface area contributed by atoms with E-state index in [1.54, 1.807) is 6.92 Å². The molecule has 0 atom stereocenters. The zero-order chi connectivity index (χ0) is 14.1. The molecular formula is C16H17ClN2O. The van der Waals surface area contributed by atoms with Crippen LogP contribution in [-0.2, 0) is 4.79 Å². The molecule has 1 saturated heterocycles. The molecule has 0 saturated carbocycles. The number of nitrogens with zero attached hydrogens (tertiary/aromatic N) is 2. The summed E-state index contributed by atoms with van der Waals surface area (Å²) in [5, 5.41) is 1.83. The number of hydrogen-bond acceptors (Lipinski definition) is 3. The van der Waals surface area contributed by atoms with E-state index in [1.807, 2.05) is 30.5 Å². The van der Waals surface area contributed by atoms with Crippen LogP contribution < -0.4 is 4.90 Å². The standard InChI is InChI=1S/C16H17ClN2O/c1-11(20)12-5-8-19(9-6-12)16-4-7-18-15-10-13(17)2-3-14(15)16/h2-4,7,10,12H,5-6,8-9H2,1H3. The van der Waals surface area contributed by atoms with E-state index in [-0.39, 0.29) is 5.92 Å². The zero-order valence-corrected chi connectivity index (χ0v) is 12.2. The third-order valence-electron chi connectivity index (χ3n) is 4.09. The van der Waals surface area contributed by atoms with Crippen molar-refractivity contribution in [2.24, 2.45) is 5.92 Å². The summed E-state index contributed by atoms with van der Waals surface area (Å²) in [6.07, 6.45) is 3.70. The smallest absolute Gasteiger partial charge is 0.133 e. The van der Waals surface area contributed by atoms with Gasteiger partial charge in [-0.1, -0.05) is 11.6 Å². The van der Waals surface area contributed by atoms with Gasteiger partial charge in [0.15, 0.2) is 0 Å². The number of rotatable bonds is 2. The van der Waals surface area contributed by atoms with Crippen LogP contribution in [0.5, 0.6) is 0 Å². The van der Waals surface area contributed by atoms with Crippen molar-refractivity contribution >= 4 is 34.0 Å². The molecule has 0 N–H and O–H groups in total. The molecule has 104 valence electrons. The molecule has 20 heavy (non-hydrogen) atoms. The molecule has 3 nitrogen and oxygen atoms in total. The van der Waals surface area contributed by atoms with E-state index in [0.29, 0.717) is 10.8 Å². The first kappa shape index (κ1) is 13.4. The highest BCUT2D eigenvalue weighted by Gasteiger charge is 2.23. The largest absolute Gasteiger partial charge is 0.371 e. The number of Topliss-reactive ketones (excluding diaryl/α,β-unsaturated/α-hetero) is 1. The number of hydrogen-bond donors (Lipinski definition) is 0. The summed E-state index contributed by atoms with van der Waals surface area (Å²) in [6.45, 7) is 3.54. The Kier molecular flexibility index (Phi) is 3.62. The number of benzene rings is 1. The fraction of sp³-hybridized carbons (Fsp3) is 0.375. The Hall–Kier alpha value is -1.61. The number of fused-ring (bicyclic) bond motifs is 1. The number of pyridine rings is 1. The van der Waals surface area contributed by atoms with Gasteiger partial charge in [0.2, 0.25) is 0 Å². The van der Waals surface area contributed by atoms with Crippen molar-refractivity contribution in [3.05, 3.63) is 35.5 Å². The van der Waals surface area contributed by atoms with Crippen molar-refractivity contribution in [3.63, 3.8) is 0 Å². The van der Waals surface area contributed by atoms with Gasteiger partial charge in [0, 0.05) is 41.3 Å². The minimum atomic E-state index is 0.230. The maximum atomic E-state index is 11.4. The van der Waals surface area contributed by atoms with Gasteiger partial charge in [-0.25, -0.2) is 0 Å². The van der Waals surface area contributed by atoms with Gasteiger partial charge in [0.25, 0.3) is 0 Å². The predicted molar refractivity (Wildman–Crippen MR) is 82.4 cm³/mol. The lowest BCUT2D eigenvalue weighted by molar-refractivity contribution is -0.121. The monoisotopic (exact) mass is 288 g/mol. The summed E-state index contributed by atoms with van der Waals surface area (Å²) in [5.74, 6) is 0.546. The lowest BCUT2D eigenvalue weighted by Gasteiger charge is -2.33. The minimum Gasteiger partial charge on any atom is -0.371 e. The average Bonchev–Trinajstić information content (AvgIpc) is 2.46. The molecule has 1 aromatic heterocycles. The summed E-state index contributed by atoms with van der Waals surface area (Å²) >= 11 is 6.02. The number of halogens is 1. The Labute approximate surface area is 123 Å². The van der Waals surface area contributed by atoms with Crippen LogP contribution >= 0.6 is 11.6 Å². The number of carbonyl (C=O) groups excluding carboxylic acids is 1. The molecule has 4 heteroatoms. The first-order valence-corrected chi connectivity index (χ1v) is 7.32. The van der Waals surface area contributed by atoms with Gasteiger partial charge in [0.05, 0.1) is 5.52 Å². The van der Waals surface area contributed by atoms with E-state index in [2.05, 4.69) is 9.88 Å². The van der Waals surface area contributed by atoms with E-state index in [4.69, 9.17) is 11.6 Å². The number of ketones is 1. The molecule has 0 unspecified atom stereocenters. The van der Waals surface area contributed by atoms with Gasteiger partial charge in [-0.05, 0) is 44.0 Å². The fourth-order valence-corrected chi connectivity index (χ4v) is 3.08. The van der Waals surface area contributed by atoms with Crippen LogP contribution in [0.1, 0.15) is 19.8 Å². The Bertz CT molecular complexity index is 648. The average molecular weight is 289 g/mol. The van der Waals surface area contributed by atoms with Crippen molar-refractivity contribution in [3.8, 4) is 0 Å². The minimum absolute atomic E-state index is 0.230. The summed E-state index contributed by atoms with van der Waals surface area (Å²) in [7, 11) is 0. The number of piperidine rings is 1. The quantitative estimate of drug-likeness (QED) is 0.845. The summed E-state index contributed by atoms with van der Waals surface area (Å²) < 4.78 is 0. The van der Waals surface area contributed by atoms with Gasteiger partial charge in [0.1, 0.15) is 5.78 Å². The predicted octanol–water partition coefficient (Wildman–Crippen LogP) is 3.69. The molecule has 1 fully saturated rings. The lowest BCUT2D eigenvalue weighted by atomic mass is 9.93. The molecular weight excluding hydrogens is 272 g/mol. The normalized spacial score (nSPS) is 16.6. The van der Waals surface area contributed by atoms with Crippen LogP contribution in [0.2, 0.25) is 5.02 Å². The number of aromatic nitrogens is 1. The van der Waals surface area contributed by atoms with E-state index in [9.17, 15) is 4.79 Å². The highest BCUT2D eigenvalue weighted by molar-refractivity contribution is 6.31.